The third-order valence-corrected chi connectivity index (χ3v) is 7.95. The summed E-state index contributed by atoms with van der Waals surface area (Å²) in [6.45, 7) is 10.6. The van der Waals surface area contributed by atoms with Gasteiger partial charge >= 0.3 is 13.1 Å². The van der Waals surface area contributed by atoms with E-state index in [0.29, 0.717) is 35.6 Å². The van der Waals surface area contributed by atoms with E-state index in [9.17, 15) is 4.79 Å². The zero-order valence-corrected chi connectivity index (χ0v) is 23.3. The lowest BCUT2D eigenvalue weighted by atomic mass is 9.77. The summed E-state index contributed by atoms with van der Waals surface area (Å²) in [5.74, 6) is 0.451. The van der Waals surface area contributed by atoms with Crippen molar-refractivity contribution in [3.63, 3.8) is 0 Å². The molecule has 3 aromatic carbocycles. The number of carbonyl (C=O) groups is 1. The first-order valence-electron chi connectivity index (χ1n) is 13.1. The number of fused-ring (bicyclic) bond motifs is 2. The van der Waals surface area contributed by atoms with Gasteiger partial charge in [0.25, 0.3) is 0 Å². The zero-order valence-electron chi connectivity index (χ0n) is 22.5. The van der Waals surface area contributed by atoms with Gasteiger partial charge in [-0.05, 0) is 70.5 Å². The zero-order chi connectivity index (χ0) is 27.1. The summed E-state index contributed by atoms with van der Waals surface area (Å²) in [4.78, 5) is 16.3. The second-order valence-corrected chi connectivity index (χ2v) is 11.0. The van der Waals surface area contributed by atoms with Crippen molar-refractivity contribution in [3.8, 4) is 5.75 Å². The molecule has 5 rings (SSSR count). The first kappa shape index (κ1) is 26.6. The Morgan fingerprint density at radius 3 is 2.42 bits per heavy atom. The lowest BCUT2D eigenvalue weighted by Crippen LogP contribution is -2.41. The van der Waals surface area contributed by atoms with Gasteiger partial charge in [-0.2, -0.15) is 0 Å². The maximum absolute atomic E-state index is 13.0. The number of aromatic amines is 1. The fraction of sp³-hybridized carbons (Fsp3) is 0.367. The van der Waals surface area contributed by atoms with Gasteiger partial charge in [0.05, 0.1) is 24.4 Å². The minimum absolute atomic E-state index is 0.280. The van der Waals surface area contributed by atoms with Gasteiger partial charge in [0, 0.05) is 26.8 Å². The van der Waals surface area contributed by atoms with Crippen LogP contribution in [0.1, 0.15) is 57.1 Å². The largest absolute Gasteiger partial charge is 0.498 e. The van der Waals surface area contributed by atoms with E-state index < -0.39 is 24.3 Å². The number of aryl methyl sites for hydroxylation is 1. The van der Waals surface area contributed by atoms with Crippen molar-refractivity contribution in [1.82, 2.24) is 4.98 Å². The first-order chi connectivity index (χ1) is 18.1. The van der Waals surface area contributed by atoms with Crippen LogP contribution in [0.15, 0.2) is 54.6 Å². The molecule has 0 bridgehead atoms. The molecule has 1 aliphatic heterocycles. The van der Waals surface area contributed by atoms with Crippen LogP contribution in [0.5, 0.6) is 5.75 Å². The summed E-state index contributed by atoms with van der Waals surface area (Å²) >= 11 is 6.70. The predicted molar refractivity (Wildman–Crippen MR) is 153 cm³/mol. The Bertz CT molecular complexity index is 1470. The van der Waals surface area contributed by atoms with Crippen molar-refractivity contribution in [2.24, 2.45) is 0 Å². The van der Waals surface area contributed by atoms with Gasteiger partial charge in [-0.1, -0.05) is 54.1 Å². The molecule has 0 atom stereocenters. The molecule has 1 aliphatic rings. The maximum Gasteiger partial charge on any atom is 0.498 e. The van der Waals surface area contributed by atoms with Crippen molar-refractivity contribution < 1.29 is 23.6 Å². The van der Waals surface area contributed by atoms with Crippen molar-refractivity contribution in [3.05, 3.63) is 70.9 Å². The Morgan fingerprint density at radius 1 is 0.974 bits per heavy atom. The lowest BCUT2D eigenvalue weighted by molar-refractivity contribution is 0.00578. The molecule has 1 N–H and O–H groups in total. The number of carbonyl (C=O) groups excluding carboxylic acids is 1. The smallest absolute Gasteiger partial charge is 0.493 e. The maximum atomic E-state index is 13.0. The summed E-state index contributed by atoms with van der Waals surface area (Å²) in [7, 11) is -0.674. The molecule has 6 nitrogen and oxygen atoms in total. The average molecular weight is 534 g/mol. The topological polar surface area (TPSA) is 69.8 Å². The second-order valence-electron chi connectivity index (χ2n) is 10.6. The molecule has 0 radical (unpaired) electrons. The molecule has 0 aliphatic carbocycles. The second kappa shape index (κ2) is 10.3. The fourth-order valence-electron chi connectivity index (χ4n) is 4.90. The molecule has 0 unspecified atom stereocenters. The van der Waals surface area contributed by atoms with E-state index >= 15 is 0 Å². The molecule has 4 aromatic rings. The summed E-state index contributed by atoms with van der Waals surface area (Å²) < 4.78 is 24.2. The number of aromatic nitrogens is 1. The quantitative estimate of drug-likeness (QED) is 0.160. The number of H-pyrrole nitrogens is 1. The Hall–Kier alpha value is -3.00. The van der Waals surface area contributed by atoms with E-state index in [1.165, 1.54) is 0 Å². The van der Waals surface area contributed by atoms with Crippen molar-refractivity contribution in [1.29, 1.82) is 0 Å². The molecule has 8 heteroatoms. The highest BCUT2D eigenvalue weighted by Gasteiger charge is 2.53. The molecule has 1 saturated heterocycles. The number of rotatable bonds is 8. The molecular weight excluding hydrogens is 501 g/mol. The third-order valence-electron chi connectivity index (χ3n) is 7.62. The van der Waals surface area contributed by atoms with Gasteiger partial charge < -0.3 is 23.8 Å². The van der Waals surface area contributed by atoms with Crippen LogP contribution in [0.4, 0.5) is 0 Å². The average Bonchev–Trinajstić information content (AvgIpc) is 3.34. The number of benzene rings is 3. The van der Waals surface area contributed by atoms with Crippen LogP contribution in [0.2, 0.25) is 5.02 Å². The van der Waals surface area contributed by atoms with Crippen molar-refractivity contribution >= 4 is 51.8 Å². The van der Waals surface area contributed by atoms with Crippen LogP contribution in [0, 0.1) is 0 Å². The van der Waals surface area contributed by atoms with E-state index in [0.717, 1.165) is 33.0 Å². The van der Waals surface area contributed by atoms with E-state index in [2.05, 4.69) is 23.2 Å². The summed E-state index contributed by atoms with van der Waals surface area (Å²) in [5, 5.41) is 3.63. The molecule has 0 amide bonds. The monoisotopic (exact) mass is 533 g/mol. The number of halogens is 1. The molecule has 0 saturated carbocycles. The van der Waals surface area contributed by atoms with E-state index in [4.69, 9.17) is 30.4 Å². The van der Waals surface area contributed by atoms with Crippen LogP contribution in [-0.2, 0) is 20.5 Å². The van der Waals surface area contributed by atoms with Gasteiger partial charge in [-0.3, -0.25) is 0 Å². The fourth-order valence-corrected chi connectivity index (χ4v) is 5.14. The highest BCUT2D eigenvalue weighted by molar-refractivity contribution is 6.68. The summed E-state index contributed by atoms with van der Waals surface area (Å²) in [6, 6.07) is 18.0. The predicted octanol–water partition coefficient (Wildman–Crippen LogP) is 6.46. The van der Waals surface area contributed by atoms with Crippen LogP contribution in [-0.4, -0.2) is 42.5 Å². The molecule has 1 fully saturated rings. The minimum atomic E-state index is -0.674. The molecular formula is C30H33BClNO5. The van der Waals surface area contributed by atoms with E-state index in [1.807, 2.05) is 64.1 Å². The summed E-state index contributed by atoms with van der Waals surface area (Å²) in [5.41, 5.74) is 1.65. The van der Waals surface area contributed by atoms with Crippen LogP contribution >= 0.6 is 11.6 Å². The Labute approximate surface area is 228 Å². The molecule has 0 spiro atoms. The Balaban J connectivity index is 1.45. The molecule has 38 heavy (non-hydrogen) atoms. The first-order valence-corrected chi connectivity index (χ1v) is 13.5. The molecule has 2 heterocycles. The number of ether oxygens (including phenoxy) is 2. The van der Waals surface area contributed by atoms with Crippen LogP contribution < -0.4 is 10.2 Å². The van der Waals surface area contributed by atoms with E-state index in [1.54, 1.807) is 6.92 Å². The number of hydrogen-bond acceptors (Lipinski definition) is 5. The van der Waals surface area contributed by atoms with Crippen molar-refractivity contribution in [2.75, 3.05) is 13.2 Å². The normalized spacial score (nSPS) is 16.3. The van der Waals surface area contributed by atoms with Gasteiger partial charge in [0.15, 0.2) is 0 Å². The van der Waals surface area contributed by atoms with Gasteiger partial charge in [-0.25, -0.2) is 4.79 Å². The Kier molecular flexibility index (Phi) is 7.20. The van der Waals surface area contributed by atoms with Crippen molar-refractivity contribution in [2.45, 2.75) is 58.7 Å². The van der Waals surface area contributed by atoms with Crippen LogP contribution in [0.25, 0.3) is 21.7 Å². The van der Waals surface area contributed by atoms with Gasteiger partial charge in [0.2, 0.25) is 0 Å². The lowest BCUT2D eigenvalue weighted by Gasteiger charge is -2.32. The standard InChI is InChI=1S/C30H33BClNO5/c1-6-35-28(34)27-21(14-10-18-36-24-15-9-12-19-11-7-8-13-20(19)24)22-16-17-23(32)25(26(22)33-27)31-37-29(2,3)30(4,5)38-31/h7-9,11-13,15-17,33H,6,10,14,18H2,1-5H3. The SMILES string of the molecule is CCOC(=O)c1[nH]c2c(B3OC(C)(C)C(C)(C)O3)c(Cl)ccc2c1CCCOc1cccc2ccccc12. The van der Waals surface area contributed by atoms with Crippen LogP contribution in [0.3, 0.4) is 0 Å². The van der Waals surface area contributed by atoms with Gasteiger partial charge in [-0.15, -0.1) is 0 Å². The third kappa shape index (κ3) is 4.79. The number of esters is 1. The van der Waals surface area contributed by atoms with Gasteiger partial charge in [0.1, 0.15) is 11.4 Å². The summed E-state index contributed by atoms with van der Waals surface area (Å²) in [6.07, 6.45) is 1.32. The highest BCUT2D eigenvalue weighted by atomic mass is 35.5. The number of hydrogen-bond donors (Lipinski definition) is 1. The highest BCUT2D eigenvalue weighted by Crippen LogP contribution is 2.38. The van der Waals surface area contributed by atoms with E-state index in [-0.39, 0.29) is 6.61 Å². The molecule has 198 valence electrons. The minimum Gasteiger partial charge on any atom is -0.493 e. The Morgan fingerprint density at radius 2 is 1.68 bits per heavy atom. The molecule has 1 aromatic heterocycles. The number of nitrogens with one attached hydrogen (secondary N) is 1.